The highest BCUT2D eigenvalue weighted by atomic mass is 35.5. The summed E-state index contributed by atoms with van der Waals surface area (Å²) in [6, 6.07) is 10.7. The Morgan fingerprint density at radius 2 is 1.96 bits per heavy atom. The number of carbonyl (C=O) groups is 1. The van der Waals surface area contributed by atoms with E-state index in [9.17, 15) is 9.59 Å². The van der Waals surface area contributed by atoms with E-state index in [0.29, 0.717) is 38.3 Å². The van der Waals surface area contributed by atoms with Gasteiger partial charge in [0.2, 0.25) is 5.91 Å². The number of rotatable bonds is 6. The maximum absolute atomic E-state index is 12.8. The van der Waals surface area contributed by atoms with E-state index in [2.05, 4.69) is 10.3 Å². The Bertz CT molecular complexity index is 1100. The van der Waals surface area contributed by atoms with E-state index in [0.717, 1.165) is 12.0 Å². The number of nitrogens with zero attached hydrogens (tertiary/aromatic N) is 2. The molecule has 0 spiro atoms. The summed E-state index contributed by atoms with van der Waals surface area (Å²) in [6.07, 6.45) is 0.786. The molecule has 3 rings (SSSR count). The Morgan fingerprint density at radius 3 is 2.71 bits per heavy atom. The molecule has 0 saturated heterocycles. The van der Waals surface area contributed by atoms with Gasteiger partial charge < -0.3 is 5.32 Å². The van der Waals surface area contributed by atoms with E-state index in [4.69, 9.17) is 23.2 Å². The molecule has 0 fully saturated rings. The molecular weight excluding hydrogens is 417 g/mol. The van der Waals surface area contributed by atoms with Crippen molar-refractivity contribution >= 4 is 57.5 Å². The van der Waals surface area contributed by atoms with Gasteiger partial charge in [-0.25, -0.2) is 4.98 Å². The van der Waals surface area contributed by atoms with Crippen molar-refractivity contribution < 1.29 is 4.79 Å². The first-order chi connectivity index (χ1) is 13.4. The third kappa shape index (κ3) is 4.35. The minimum Gasteiger partial charge on any atom is -0.323 e. The van der Waals surface area contributed by atoms with Crippen molar-refractivity contribution in [3.63, 3.8) is 0 Å². The summed E-state index contributed by atoms with van der Waals surface area (Å²) < 4.78 is 1.62. The van der Waals surface area contributed by atoms with Crippen molar-refractivity contribution in [3.05, 3.63) is 62.4 Å². The average Bonchev–Trinajstić information content (AvgIpc) is 2.69. The van der Waals surface area contributed by atoms with Crippen molar-refractivity contribution in [2.75, 3.05) is 11.1 Å². The number of carbonyl (C=O) groups excluding carboxylic acids is 1. The highest BCUT2D eigenvalue weighted by Gasteiger charge is 2.15. The Kier molecular flexibility index (Phi) is 6.65. The van der Waals surface area contributed by atoms with Crippen LogP contribution in [0, 0.1) is 6.92 Å². The largest absolute Gasteiger partial charge is 0.323 e. The zero-order valence-corrected chi connectivity index (χ0v) is 17.8. The molecule has 1 heterocycles. The molecule has 5 nitrogen and oxygen atoms in total. The second-order valence-electron chi connectivity index (χ2n) is 6.26. The topological polar surface area (TPSA) is 64.0 Å². The van der Waals surface area contributed by atoms with Gasteiger partial charge in [0.1, 0.15) is 0 Å². The smallest absolute Gasteiger partial charge is 0.262 e. The van der Waals surface area contributed by atoms with Crippen molar-refractivity contribution in [1.82, 2.24) is 9.55 Å². The molecule has 0 aliphatic rings. The highest BCUT2D eigenvalue weighted by molar-refractivity contribution is 7.99. The summed E-state index contributed by atoms with van der Waals surface area (Å²) in [4.78, 5) is 29.8. The second kappa shape index (κ2) is 8.99. The van der Waals surface area contributed by atoms with Crippen molar-refractivity contribution in [2.45, 2.75) is 32.0 Å². The average molecular weight is 436 g/mol. The van der Waals surface area contributed by atoms with E-state index in [1.807, 2.05) is 26.0 Å². The van der Waals surface area contributed by atoms with Crippen LogP contribution in [0.25, 0.3) is 10.9 Å². The molecule has 8 heteroatoms. The Morgan fingerprint density at radius 1 is 1.21 bits per heavy atom. The number of halogens is 2. The Labute approximate surface area is 177 Å². The molecule has 1 aromatic heterocycles. The number of aromatic nitrogens is 2. The number of amides is 1. The summed E-state index contributed by atoms with van der Waals surface area (Å²) in [5.41, 5.74) is 1.74. The fourth-order valence-electron chi connectivity index (χ4n) is 2.76. The molecule has 0 aliphatic carbocycles. The molecule has 3 aromatic rings. The first-order valence-electron chi connectivity index (χ1n) is 8.79. The third-order valence-corrected chi connectivity index (χ3v) is 5.93. The number of fused-ring (bicyclic) bond motifs is 1. The Hall–Kier alpha value is -2.02. The van der Waals surface area contributed by atoms with Gasteiger partial charge in [0, 0.05) is 6.54 Å². The van der Waals surface area contributed by atoms with Crippen LogP contribution < -0.4 is 10.9 Å². The molecule has 0 unspecified atom stereocenters. The highest BCUT2D eigenvalue weighted by Crippen LogP contribution is 2.33. The molecule has 1 amide bonds. The fraction of sp³-hybridized carbons (Fsp3) is 0.250. The molecular formula is C20H19Cl2N3O2S. The predicted octanol–water partition coefficient (Wildman–Crippen LogP) is 5.15. The van der Waals surface area contributed by atoms with Gasteiger partial charge in [-0.15, -0.1) is 0 Å². The number of aryl methyl sites for hydroxylation is 1. The van der Waals surface area contributed by atoms with E-state index in [-0.39, 0.29) is 17.2 Å². The molecule has 0 aliphatic heterocycles. The lowest BCUT2D eigenvalue weighted by Gasteiger charge is -2.13. The van der Waals surface area contributed by atoms with E-state index in [1.165, 1.54) is 11.8 Å². The molecule has 0 saturated carbocycles. The minimum atomic E-state index is -0.273. The summed E-state index contributed by atoms with van der Waals surface area (Å²) in [5, 5.41) is 4.63. The molecule has 1 N–H and O–H groups in total. The van der Waals surface area contributed by atoms with Gasteiger partial charge in [0.15, 0.2) is 5.16 Å². The minimum absolute atomic E-state index is 0.0785. The van der Waals surface area contributed by atoms with Gasteiger partial charge in [-0.1, -0.05) is 60.1 Å². The maximum Gasteiger partial charge on any atom is 0.262 e. The van der Waals surface area contributed by atoms with Crippen LogP contribution in [0.5, 0.6) is 0 Å². The van der Waals surface area contributed by atoms with Crippen LogP contribution in [0.1, 0.15) is 18.9 Å². The molecule has 146 valence electrons. The second-order valence-corrected chi connectivity index (χ2v) is 7.99. The number of benzene rings is 2. The van der Waals surface area contributed by atoms with Crippen LogP contribution in [-0.2, 0) is 11.3 Å². The van der Waals surface area contributed by atoms with Gasteiger partial charge in [-0.2, -0.15) is 0 Å². The lowest BCUT2D eigenvalue weighted by molar-refractivity contribution is -0.113. The number of hydrogen-bond donors (Lipinski definition) is 1. The standard InChI is InChI=1S/C20H19Cl2N3O2S/c1-3-10-25-19(27)13-6-4-5-7-15(13)23-20(25)28-11-16(26)24-18-14(21)9-8-12(2)17(18)22/h4-9H,3,10-11H2,1-2H3,(H,24,26). The number of nitrogens with one attached hydrogen (secondary N) is 1. The van der Waals surface area contributed by atoms with Crippen LogP contribution in [0.15, 0.2) is 46.3 Å². The maximum atomic E-state index is 12.8. The zero-order valence-electron chi connectivity index (χ0n) is 15.5. The number of para-hydroxylation sites is 1. The number of anilines is 1. The predicted molar refractivity (Wildman–Crippen MR) is 117 cm³/mol. The summed E-state index contributed by atoms with van der Waals surface area (Å²) in [6.45, 7) is 4.37. The summed E-state index contributed by atoms with van der Waals surface area (Å²) in [5.74, 6) is -0.195. The van der Waals surface area contributed by atoms with Crippen LogP contribution in [0.3, 0.4) is 0 Å². The van der Waals surface area contributed by atoms with E-state index < -0.39 is 0 Å². The molecule has 0 radical (unpaired) electrons. The van der Waals surface area contributed by atoms with Crippen LogP contribution in [0.2, 0.25) is 10.0 Å². The van der Waals surface area contributed by atoms with Gasteiger partial charge >= 0.3 is 0 Å². The third-order valence-electron chi connectivity index (χ3n) is 4.15. The molecule has 2 aromatic carbocycles. The number of thioether (sulfide) groups is 1. The van der Waals surface area contributed by atoms with Crippen molar-refractivity contribution in [1.29, 1.82) is 0 Å². The van der Waals surface area contributed by atoms with Gasteiger partial charge in [0.25, 0.3) is 5.56 Å². The monoisotopic (exact) mass is 435 g/mol. The molecule has 0 bridgehead atoms. The number of hydrogen-bond acceptors (Lipinski definition) is 4. The quantitative estimate of drug-likeness (QED) is 0.429. The Balaban J connectivity index is 1.83. The van der Waals surface area contributed by atoms with Gasteiger partial charge in [-0.3, -0.25) is 14.2 Å². The summed E-state index contributed by atoms with van der Waals surface area (Å²) in [7, 11) is 0. The first kappa shape index (κ1) is 20.7. The normalized spacial score (nSPS) is 11.0. The molecule has 28 heavy (non-hydrogen) atoms. The van der Waals surface area contributed by atoms with E-state index >= 15 is 0 Å². The van der Waals surface area contributed by atoms with E-state index in [1.54, 1.807) is 28.8 Å². The van der Waals surface area contributed by atoms with Crippen LogP contribution in [0.4, 0.5) is 5.69 Å². The zero-order chi connectivity index (χ0) is 20.3. The first-order valence-corrected chi connectivity index (χ1v) is 10.5. The van der Waals surface area contributed by atoms with Crippen LogP contribution in [-0.4, -0.2) is 21.2 Å². The fourth-order valence-corrected chi connectivity index (χ4v) is 4.05. The van der Waals surface area contributed by atoms with Crippen LogP contribution >= 0.6 is 35.0 Å². The van der Waals surface area contributed by atoms with Crippen molar-refractivity contribution in [2.24, 2.45) is 0 Å². The lowest BCUT2D eigenvalue weighted by atomic mass is 10.2. The summed E-state index contributed by atoms with van der Waals surface area (Å²) >= 11 is 13.6. The molecule has 0 atom stereocenters. The van der Waals surface area contributed by atoms with Gasteiger partial charge in [0.05, 0.1) is 32.4 Å². The van der Waals surface area contributed by atoms with Crippen molar-refractivity contribution in [3.8, 4) is 0 Å². The lowest BCUT2D eigenvalue weighted by Crippen LogP contribution is -2.24. The van der Waals surface area contributed by atoms with Gasteiger partial charge in [-0.05, 0) is 37.1 Å². The SMILES string of the molecule is CCCn1c(SCC(=O)Nc2c(Cl)ccc(C)c2Cl)nc2ccccc2c1=O.